The molecule has 3 heterocycles. The van der Waals surface area contributed by atoms with Gasteiger partial charge in [-0.05, 0) is 24.6 Å². The first-order chi connectivity index (χ1) is 12.3. The molecular weight excluding hydrogens is 322 g/mol. The molecule has 0 aliphatic rings. The van der Waals surface area contributed by atoms with E-state index in [2.05, 4.69) is 25.7 Å². The Labute approximate surface area is 144 Å². The van der Waals surface area contributed by atoms with Gasteiger partial charge in [0.05, 0.1) is 11.3 Å². The minimum atomic E-state index is -0.252. The average Bonchev–Trinajstić information content (AvgIpc) is 3.14. The summed E-state index contributed by atoms with van der Waals surface area (Å²) in [4.78, 5) is 16.0. The van der Waals surface area contributed by atoms with Crippen molar-refractivity contribution in [3.63, 3.8) is 0 Å². The Kier molecular flexibility index (Phi) is 5.30. The number of pyridine rings is 1. The first-order valence-corrected chi connectivity index (χ1v) is 7.87. The minimum absolute atomic E-state index is 0.200. The summed E-state index contributed by atoms with van der Waals surface area (Å²) >= 11 is 0. The van der Waals surface area contributed by atoms with Crippen LogP contribution < -0.4 is 10.1 Å². The van der Waals surface area contributed by atoms with Crippen molar-refractivity contribution in [3.05, 3.63) is 54.0 Å². The Balaban J connectivity index is 1.63. The van der Waals surface area contributed by atoms with Crippen molar-refractivity contribution in [2.24, 2.45) is 0 Å². The molecule has 0 unspecified atom stereocenters. The quantitative estimate of drug-likeness (QED) is 0.704. The second-order valence-corrected chi connectivity index (χ2v) is 5.20. The fourth-order valence-electron chi connectivity index (χ4n) is 2.07. The molecule has 3 rings (SSSR count). The zero-order valence-electron chi connectivity index (χ0n) is 13.7. The van der Waals surface area contributed by atoms with Gasteiger partial charge in [0.1, 0.15) is 18.6 Å². The first-order valence-electron chi connectivity index (χ1n) is 7.87. The molecule has 25 heavy (non-hydrogen) atoms. The molecule has 0 saturated heterocycles. The number of carbonyl (C=O) groups excluding carboxylic acids is 1. The van der Waals surface area contributed by atoms with Crippen LogP contribution in [0.4, 0.5) is 0 Å². The van der Waals surface area contributed by atoms with Gasteiger partial charge in [-0.2, -0.15) is 0 Å². The van der Waals surface area contributed by atoms with Crippen molar-refractivity contribution >= 4 is 5.91 Å². The highest BCUT2D eigenvalue weighted by atomic mass is 16.5. The van der Waals surface area contributed by atoms with E-state index in [4.69, 9.17) is 9.26 Å². The van der Waals surface area contributed by atoms with E-state index in [1.54, 1.807) is 18.3 Å². The van der Waals surface area contributed by atoms with Crippen molar-refractivity contribution < 1.29 is 14.1 Å². The number of amides is 1. The maximum absolute atomic E-state index is 11.8. The topological polar surface area (TPSA) is 103 Å². The van der Waals surface area contributed by atoms with E-state index in [9.17, 15) is 4.79 Å². The smallest absolute Gasteiger partial charge is 0.271 e. The molecule has 3 aromatic rings. The lowest BCUT2D eigenvalue weighted by atomic mass is 10.2. The van der Waals surface area contributed by atoms with Gasteiger partial charge in [0.2, 0.25) is 5.88 Å². The highest BCUT2D eigenvalue weighted by molar-refractivity contribution is 5.92. The van der Waals surface area contributed by atoms with Gasteiger partial charge >= 0.3 is 0 Å². The molecule has 1 N–H and O–H groups in total. The molecule has 0 spiro atoms. The lowest BCUT2D eigenvalue weighted by molar-refractivity contribution is 0.0947. The second-order valence-electron chi connectivity index (χ2n) is 5.20. The maximum Gasteiger partial charge on any atom is 0.271 e. The summed E-state index contributed by atoms with van der Waals surface area (Å²) in [5.41, 5.74) is 2.30. The van der Waals surface area contributed by atoms with Gasteiger partial charge < -0.3 is 14.6 Å². The molecule has 8 nitrogen and oxygen atoms in total. The summed E-state index contributed by atoms with van der Waals surface area (Å²) in [6.07, 6.45) is 4.05. The third-order valence-corrected chi connectivity index (χ3v) is 3.33. The zero-order chi connectivity index (χ0) is 17.5. The molecule has 0 bridgehead atoms. The molecule has 3 aromatic heterocycles. The molecule has 0 fully saturated rings. The van der Waals surface area contributed by atoms with Crippen LogP contribution in [-0.2, 0) is 6.61 Å². The fraction of sp³-hybridized carbons (Fsp3) is 0.235. The predicted molar refractivity (Wildman–Crippen MR) is 88.7 cm³/mol. The van der Waals surface area contributed by atoms with E-state index in [1.807, 2.05) is 25.1 Å². The average molecular weight is 339 g/mol. The van der Waals surface area contributed by atoms with Crippen molar-refractivity contribution in [3.8, 4) is 17.3 Å². The predicted octanol–water partition coefficient (Wildman–Crippen LogP) is 2.25. The summed E-state index contributed by atoms with van der Waals surface area (Å²) in [6.45, 7) is 2.78. The van der Waals surface area contributed by atoms with Gasteiger partial charge in [-0.15, -0.1) is 10.2 Å². The molecule has 0 aliphatic heterocycles. The molecular formula is C17H17N5O3. The summed E-state index contributed by atoms with van der Waals surface area (Å²) in [7, 11) is 0. The molecule has 0 saturated carbocycles. The standard InChI is InChI=1S/C17H17N5O3/c1-2-8-19-17(23)14-6-7-15(21-20-14)24-10-12-11-25-22-16(12)13-5-3-4-9-18-13/h3-7,9,11H,2,8,10H2,1H3,(H,19,23). The highest BCUT2D eigenvalue weighted by Gasteiger charge is 2.13. The molecule has 128 valence electrons. The largest absolute Gasteiger partial charge is 0.472 e. The van der Waals surface area contributed by atoms with E-state index in [0.29, 0.717) is 23.8 Å². The van der Waals surface area contributed by atoms with Crippen LogP contribution in [0.2, 0.25) is 0 Å². The Bertz CT molecular complexity index is 818. The molecule has 1 amide bonds. The number of carbonyl (C=O) groups is 1. The van der Waals surface area contributed by atoms with Crippen molar-refractivity contribution in [1.82, 2.24) is 25.7 Å². The van der Waals surface area contributed by atoms with Crippen LogP contribution >= 0.6 is 0 Å². The molecule has 0 aromatic carbocycles. The van der Waals surface area contributed by atoms with Crippen LogP contribution in [0.1, 0.15) is 29.4 Å². The summed E-state index contributed by atoms with van der Waals surface area (Å²) in [5.74, 6) is 0.0533. The fourth-order valence-corrected chi connectivity index (χ4v) is 2.07. The lowest BCUT2D eigenvalue weighted by Gasteiger charge is -2.05. The highest BCUT2D eigenvalue weighted by Crippen LogP contribution is 2.21. The number of nitrogens with zero attached hydrogens (tertiary/aromatic N) is 4. The van der Waals surface area contributed by atoms with Crippen molar-refractivity contribution in [2.75, 3.05) is 6.54 Å². The van der Waals surface area contributed by atoms with Gasteiger partial charge in [0.15, 0.2) is 5.69 Å². The van der Waals surface area contributed by atoms with Crippen LogP contribution in [0.25, 0.3) is 11.4 Å². The lowest BCUT2D eigenvalue weighted by Crippen LogP contribution is -2.25. The Hall–Kier alpha value is -3.29. The Morgan fingerprint density at radius 2 is 2.16 bits per heavy atom. The van der Waals surface area contributed by atoms with E-state index < -0.39 is 0 Å². The van der Waals surface area contributed by atoms with Gasteiger partial charge in [0.25, 0.3) is 5.91 Å². The number of nitrogens with one attached hydrogen (secondary N) is 1. The van der Waals surface area contributed by atoms with E-state index in [-0.39, 0.29) is 18.2 Å². The summed E-state index contributed by atoms with van der Waals surface area (Å²) in [5, 5.41) is 14.5. The van der Waals surface area contributed by atoms with Gasteiger partial charge in [-0.25, -0.2) is 0 Å². The van der Waals surface area contributed by atoms with Crippen LogP contribution in [0, 0.1) is 0 Å². The minimum Gasteiger partial charge on any atom is -0.472 e. The number of hydrogen-bond acceptors (Lipinski definition) is 7. The molecule has 0 atom stereocenters. The second kappa shape index (κ2) is 8.00. The van der Waals surface area contributed by atoms with Gasteiger partial charge in [0, 0.05) is 18.8 Å². The SMILES string of the molecule is CCCNC(=O)c1ccc(OCc2conc2-c2ccccn2)nn1. The van der Waals surface area contributed by atoms with Crippen molar-refractivity contribution in [1.29, 1.82) is 0 Å². The third kappa shape index (κ3) is 4.17. The maximum atomic E-state index is 11.8. The van der Waals surface area contributed by atoms with Crippen LogP contribution in [0.3, 0.4) is 0 Å². The summed E-state index contributed by atoms with van der Waals surface area (Å²) < 4.78 is 10.6. The number of ether oxygens (including phenoxy) is 1. The zero-order valence-corrected chi connectivity index (χ0v) is 13.7. The first kappa shape index (κ1) is 16.6. The van der Waals surface area contributed by atoms with Gasteiger partial charge in [-0.1, -0.05) is 18.1 Å². The van der Waals surface area contributed by atoms with Crippen LogP contribution in [0.15, 0.2) is 47.3 Å². The number of hydrogen-bond donors (Lipinski definition) is 1. The van der Waals surface area contributed by atoms with Crippen LogP contribution in [-0.4, -0.2) is 32.8 Å². The Morgan fingerprint density at radius 3 is 2.88 bits per heavy atom. The molecule has 0 radical (unpaired) electrons. The van der Waals surface area contributed by atoms with E-state index >= 15 is 0 Å². The molecule has 8 heteroatoms. The summed E-state index contributed by atoms with van der Waals surface area (Å²) in [6, 6.07) is 8.70. The van der Waals surface area contributed by atoms with E-state index in [0.717, 1.165) is 12.0 Å². The van der Waals surface area contributed by atoms with Gasteiger partial charge in [-0.3, -0.25) is 9.78 Å². The number of aromatic nitrogens is 4. The molecule has 0 aliphatic carbocycles. The van der Waals surface area contributed by atoms with Crippen LogP contribution in [0.5, 0.6) is 5.88 Å². The number of rotatable bonds is 7. The third-order valence-electron chi connectivity index (χ3n) is 3.33. The monoisotopic (exact) mass is 339 g/mol. The Morgan fingerprint density at radius 1 is 1.24 bits per heavy atom. The normalized spacial score (nSPS) is 10.4. The van der Waals surface area contributed by atoms with Crippen molar-refractivity contribution in [2.45, 2.75) is 20.0 Å². The van der Waals surface area contributed by atoms with E-state index in [1.165, 1.54) is 6.26 Å².